The van der Waals surface area contributed by atoms with E-state index in [-0.39, 0.29) is 11.9 Å². The minimum atomic E-state index is 0.0439. The number of nitrogens with two attached hydrogens (primary N) is 1. The van der Waals surface area contributed by atoms with Crippen LogP contribution in [0.2, 0.25) is 0 Å². The first kappa shape index (κ1) is 13.6. The number of carbonyl (C=O) groups is 1. The first-order valence-electron chi connectivity index (χ1n) is 5.71. The fourth-order valence-electron chi connectivity index (χ4n) is 1.40. The zero-order chi connectivity index (χ0) is 12.8. The molecule has 0 bridgehead atoms. The van der Waals surface area contributed by atoms with Crippen LogP contribution in [0.1, 0.15) is 31.4 Å². The average molecular weight is 250 g/mol. The fourth-order valence-corrected chi connectivity index (χ4v) is 1.54. The smallest absolute Gasteiger partial charge is 0.224 e. The molecule has 1 rings (SSSR count). The van der Waals surface area contributed by atoms with Gasteiger partial charge in [0.2, 0.25) is 5.91 Å². The molecule has 3 N–H and O–H groups in total. The van der Waals surface area contributed by atoms with Gasteiger partial charge in [0.1, 0.15) is 4.99 Å². The standard InChI is InChI=1S/C13H18N2OS/c1-3-9(2)15-12(16)8-10-4-6-11(7-5-10)13(14)17/h4-7,9H,3,8H2,1-2H3,(H2,14,17)(H,15,16). The Labute approximate surface area is 107 Å². The molecule has 92 valence electrons. The quantitative estimate of drug-likeness (QED) is 0.783. The molecule has 0 spiro atoms. The Kier molecular flexibility index (Phi) is 5.10. The van der Waals surface area contributed by atoms with Gasteiger partial charge in [-0.1, -0.05) is 43.4 Å². The minimum absolute atomic E-state index is 0.0439. The van der Waals surface area contributed by atoms with Crippen LogP contribution < -0.4 is 11.1 Å². The Morgan fingerprint density at radius 3 is 2.47 bits per heavy atom. The van der Waals surface area contributed by atoms with Crippen molar-refractivity contribution in [1.29, 1.82) is 0 Å². The molecule has 1 aromatic rings. The first-order valence-corrected chi connectivity index (χ1v) is 6.12. The van der Waals surface area contributed by atoms with Crippen LogP contribution in [0, 0.1) is 0 Å². The molecular formula is C13H18N2OS. The van der Waals surface area contributed by atoms with Crippen LogP contribution >= 0.6 is 12.2 Å². The van der Waals surface area contributed by atoms with Gasteiger partial charge < -0.3 is 11.1 Å². The molecule has 0 aliphatic rings. The summed E-state index contributed by atoms with van der Waals surface area (Å²) in [6.45, 7) is 4.04. The van der Waals surface area contributed by atoms with E-state index in [4.69, 9.17) is 18.0 Å². The Bertz CT molecular complexity index is 400. The van der Waals surface area contributed by atoms with Gasteiger partial charge in [-0.2, -0.15) is 0 Å². The van der Waals surface area contributed by atoms with E-state index in [2.05, 4.69) is 5.32 Å². The third-order valence-electron chi connectivity index (χ3n) is 2.62. The van der Waals surface area contributed by atoms with E-state index < -0.39 is 0 Å². The van der Waals surface area contributed by atoms with E-state index in [0.29, 0.717) is 11.4 Å². The zero-order valence-electron chi connectivity index (χ0n) is 10.2. The van der Waals surface area contributed by atoms with Crippen molar-refractivity contribution < 1.29 is 4.79 Å². The molecular weight excluding hydrogens is 232 g/mol. The summed E-state index contributed by atoms with van der Waals surface area (Å²) in [6, 6.07) is 7.66. The van der Waals surface area contributed by atoms with Gasteiger partial charge >= 0.3 is 0 Å². The molecule has 0 fully saturated rings. The van der Waals surface area contributed by atoms with Crippen LogP contribution in [0.25, 0.3) is 0 Å². The number of nitrogens with one attached hydrogen (secondary N) is 1. The second-order valence-corrected chi connectivity index (χ2v) is 4.55. The Hall–Kier alpha value is -1.42. The Balaban J connectivity index is 2.57. The van der Waals surface area contributed by atoms with Crippen molar-refractivity contribution in [3.8, 4) is 0 Å². The van der Waals surface area contributed by atoms with Crippen LogP contribution in [0.5, 0.6) is 0 Å². The molecule has 0 aliphatic carbocycles. The molecule has 0 aromatic heterocycles. The van der Waals surface area contributed by atoms with E-state index in [1.807, 2.05) is 38.1 Å². The van der Waals surface area contributed by atoms with Crippen molar-refractivity contribution in [2.75, 3.05) is 0 Å². The summed E-state index contributed by atoms with van der Waals surface area (Å²) in [5.74, 6) is 0.0439. The molecule has 1 aromatic carbocycles. The maximum Gasteiger partial charge on any atom is 0.224 e. The van der Waals surface area contributed by atoms with Crippen molar-refractivity contribution in [3.63, 3.8) is 0 Å². The lowest BCUT2D eigenvalue weighted by atomic mass is 10.1. The molecule has 3 nitrogen and oxygen atoms in total. The lowest BCUT2D eigenvalue weighted by Gasteiger charge is -2.11. The van der Waals surface area contributed by atoms with E-state index >= 15 is 0 Å². The van der Waals surface area contributed by atoms with Crippen LogP contribution in [0.3, 0.4) is 0 Å². The largest absolute Gasteiger partial charge is 0.389 e. The number of thiocarbonyl (C=S) groups is 1. The van der Waals surface area contributed by atoms with E-state index in [1.165, 1.54) is 0 Å². The SMILES string of the molecule is CCC(C)NC(=O)Cc1ccc(C(N)=S)cc1. The number of carbonyl (C=O) groups excluding carboxylic acids is 1. The summed E-state index contributed by atoms with van der Waals surface area (Å²) in [5, 5.41) is 2.93. The molecule has 1 unspecified atom stereocenters. The fraction of sp³-hybridized carbons (Fsp3) is 0.385. The Morgan fingerprint density at radius 1 is 1.41 bits per heavy atom. The molecule has 1 amide bonds. The molecule has 4 heteroatoms. The van der Waals surface area contributed by atoms with Crippen molar-refractivity contribution in [1.82, 2.24) is 5.32 Å². The summed E-state index contributed by atoms with van der Waals surface area (Å²) in [5.41, 5.74) is 7.29. The summed E-state index contributed by atoms with van der Waals surface area (Å²) in [7, 11) is 0. The van der Waals surface area contributed by atoms with Gasteiger partial charge in [-0.15, -0.1) is 0 Å². The topological polar surface area (TPSA) is 55.1 Å². The second-order valence-electron chi connectivity index (χ2n) is 4.11. The highest BCUT2D eigenvalue weighted by molar-refractivity contribution is 7.80. The van der Waals surface area contributed by atoms with E-state index in [0.717, 1.165) is 17.5 Å². The van der Waals surface area contributed by atoms with Crippen molar-refractivity contribution in [2.24, 2.45) is 5.73 Å². The van der Waals surface area contributed by atoms with E-state index in [1.54, 1.807) is 0 Å². The van der Waals surface area contributed by atoms with Crippen LogP contribution in [-0.4, -0.2) is 16.9 Å². The molecule has 17 heavy (non-hydrogen) atoms. The van der Waals surface area contributed by atoms with Crippen LogP contribution in [0.15, 0.2) is 24.3 Å². The van der Waals surface area contributed by atoms with Gasteiger partial charge in [0.15, 0.2) is 0 Å². The van der Waals surface area contributed by atoms with Crippen molar-refractivity contribution in [2.45, 2.75) is 32.7 Å². The Morgan fingerprint density at radius 2 is 2.00 bits per heavy atom. The first-order chi connectivity index (χ1) is 8.02. The normalized spacial score (nSPS) is 11.9. The molecule has 0 aliphatic heterocycles. The summed E-state index contributed by atoms with van der Waals surface area (Å²) < 4.78 is 0. The summed E-state index contributed by atoms with van der Waals surface area (Å²) in [6.07, 6.45) is 1.33. The summed E-state index contributed by atoms with van der Waals surface area (Å²) in [4.78, 5) is 12.0. The monoisotopic (exact) mass is 250 g/mol. The predicted octanol–water partition coefficient (Wildman–Crippen LogP) is 1.78. The maximum atomic E-state index is 11.6. The highest BCUT2D eigenvalue weighted by atomic mass is 32.1. The van der Waals surface area contributed by atoms with Gasteiger partial charge in [-0.3, -0.25) is 4.79 Å². The average Bonchev–Trinajstić information content (AvgIpc) is 2.29. The van der Waals surface area contributed by atoms with Crippen molar-refractivity contribution in [3.05, 3.63) is 35.4 Å². The number of hydrogen-bond donors (Lipinski definition) is 2. The zero-order valence-corrected chi connectivity index (χ0v) is 11.0. The number of benzene rings is 1. The highest BCUT2D eigenvalue weighted by Crippen LogP contribution is 2.05. The van der Waals surface area contributed by atoms with Crippen molar-refractivity contribution >= 4 is 23.1 Å². The lowest BCUT2D eigenvalue weighted by Crippen LogP contribution is -2.33. The van der Waals surface area contributed by atoms with Gasteiger partial charge in [-0.25, -0.2) is 0 Å². The second kappa shape index (κ2) is 6.35. The molecule has 0 saturated carbocycles. The number of hydrogen-bond acceptors (Lipinski definition) is 2. The van der Waals surface area contributed by atoms with Gasteiger partial charge in [-0.05, 0) is 18.9 Å². The summed E-state index contributed by atoms with van der Waals surface area (Å²) >= 11 is 4.86. The number of rotatable bonds is 5. The van der Waals surface area contributed by atoms with Gasteiger partial charge in [0, 0.05) is 11.6 Å². The molecule has 1 atom stereocenters. The molecule has 0 heterocycles. The van der Waals surface area contributed by atoms with Crippen LogP contribution in [0.4, 0.5) is 0 Å². The predicted molar refractivity (Wildman–Crippen MR) is 73.9 cm³/mol. The third-order valence-corrected chi connectivity index (χ3v) is 2.86. The number of amides is 1. The third kappa shape index (κ3) is 4.53. The maximum absolute atomic E-state index is 11.6. The molecule has 0 saturated heterocycles. The minimum Gasteiger partial charge on any atom is -0.389 e. The van der Waals surface area contributed by atoms with Gasteiger partial charge in [0.05, 0.1) is 6.42 Å². The van der Waals surface area contributed by atoms with Gasteiger partial charge in [0.25, 0.3) is 0 Å². The lowest BCUT2D eigenvalue weighted by molar-refractivity contribution is -0.121. The van der Waals surface area contributed by atoms with Crippen LogP contribution in [-0.2, 0) is 11.2 Å². The highest BCUT2D eigenvalue weighted by Gasteiger charge is 2.06. The molecule has 0 radical (unpaired) electrons. The van der Waals surface area contributed by atoms with E-state index in [9.17, 15) is 4.79 Å².